The van der Waals surface area contributed by atoms with Gasteiger partial charge in [-0.15, -0.1) is 21.5 Å². The van der Waals surface area contributed by atoms with E-state index in [0.29, 0.717) is 46.7 Å². The van der Waals surface area contributed by atoms with Gasteiger partial charge in [-0.3, -0.25) is 4.79 Å². The lowest BCUT2D eigenvalue weighted by atomic mass is 9.95. The van der Waals surface area contributed by atoms with Gasteiger partial charge in [-0.2, -0.15) is 0 Å². The lowest BCUT2D eigenvalue weighted by Crippen LogP contribution is -2.17. The molecule has 1 amide bonds. The van der Waals surface area contributed by atoms with Gasteiger partial charge in [0.25, 0.3) is 5.22 Å². The first-order valence-corrected chi connectivity index (χ1v) is 12.9. The summed E-state index contributed by atoms with van der Waals surface area (Å²) in [6, 6.07) is 5.41. The van der Waals surface area contributed by atoms with Crippen LogP contribution in [0.2, 0.25) is 0 Å². The lowest BCUT2D eigenvalue weighted by molar-refractivity contribution is -0.113. The highest BCUT2D eigenvalue weighted by Gasteiger charge is 2.27. The van der Waals surface area contributed by atoms with Crippen LogP contribution < -0.4 is 14.8 Å². The number of hydrogen-bond donors (Lipinski definition) is 1. The topological polar surface area (TPSA) is 113 Å². The van der Waals surface area contributed by atoms with Crippen LogP contribution in [0.3, 0.4) is 0 Å². The quantitative estimate of drug-likeness (QED) is 0.373. The summed E-state index contributed by atoms with van der Waals surface area (Å²) in [5.41, 5.74) is 2.22. The molecule has 1 aliphatic carbocycles. The van der Waals surface area contributed by atoms with Crippen molar-refractivity contribution >= 4 is 40.0 Å². The van der Waals surface area contributed by atoms with Crippen molar-refractivity contribution in [1.82, 2.24) is 10.2 Å². The summed E-state index contributed by atoms with van der Waals surface area (Å²) in [5, 5.41) is 11.8. The van der Waals surface area contributed by atoms with E-state index in [9.17, 15) is 9.59 Å². The van der Waals surface area contributed by atoms with E-state index < -0.39 is 0 Å². The van der Waals surface area contributed by atoms with E-state index in [2.05, 4.69) is 15.5 Å². The van der Waals surface area contributed by atoms with Crippen molar-refractivity contribution in [1.29, 1.82) is 0 Å². The number of aromatic nitrogens is 2. The van der Waals surface area contributed by atoms with Crippen molar-refractivity contribution in [3.05, 3.63) is 34.2 Å². The van der Waals surface area contributed by atoms with Crippen molar-refractivity contribution < 1.29 is 28.2 Å². The maximum absolute atomic E-state index is 12.7. The molecule has 5 rings (SSSR count). The highest BCUT2D eigenvalue weighted by molar-refractivity contribution is 7.99. The summed E-state index contributed by atoms with van der Waals surface area (Å²) >= 11 is 2.59. The first kappa shape index (κ1) is 22.7. The third kappa shape index (κ3) is 4.76. The second kappa shape index (κ2) is 10.1. The fraction of sp³-hybridized carbons (Fsp3) is 0.391. The van der Waals surface area contributed by atoms with Gasteiger partial charge < -0.3 is 23.9 Å². The molecule has 0 saturated heterocycles. The van der Waals surface area contributed by atoms with E-state index in [0.717, 1.165) is 47.9 Å². The lowest BCUT2D eigenvalue weighted by Gasteiger charge is -2.18. The number of carbonyl (C=O) groups excluding carboxylic acids is 2. The Labute approximate surface area is 204 Å². The fourth-order valence-corrected chi connectivity index (χ4v) is 5.78. The molecular weight excluding hydrogens is 478 g/mol. The van der Waals surface area contributed by atoms with E-state index in [1.807, 2.05) is 6.07 Å². The van der Waals surface area contributed by atoms with Crippen LogP contribution in [0, 0.1) is 0 Å². The molecule has 0 spiro atoms. The first-order chi connectivity index (χ1) is 16.6. The van der Waals surface area contributed by atoms with E-state index in [1.54, 1.807) is 19.1 Å². The molecular formula is C23H23N3O6S2. The zero-order valence-corrected chi connectivity index (χ0v) is 20.2. The third-order valence-corrected chi connectivity index (χ3v) is 7.45. The number of aryl methyl sites for hydroxylation is 1. The van der Waals surface area contributed by atoms with Crippen molar-refractivity contribution in [3.63, 3.8) is 0 Å². The average Bonchev–Trinajstić information content (AvgIpc) is 3.47. The number of nitrogens with zero attached hydrogens (tertiary/aromatic N) is 2. The second-order valence-corrected chi connectivity index (χ2v) is 9.74. The van der Waals surface area contributed by atoms with E-state index in [1.165, 1.54) is 11.3 Å². The molecule has 0 fully saturated rings. The Morgan fingerprint density at radius 2 is 1.97 bits per heavy atom. The third-order valence-electron chi connectivity index (χ3n) is 5.43. The van der Waals surface area contributed by atoms with E-state index >= 15 is 0 Å². The molecule has 3 heterocycles. The molecule has 1 aromatic carbocycles. The van der Waals surface area contributed by atoms with Crippen LogP contribution in [0.15, 0.2) is 27.8 Å². The Hall–Kier alpha value is -3.05. The molecule has 1 N–H and O–H groups in total. The summed E-state index contributed by atoms with van der Waals surface area (Å²) in [7, 11) is 0. The number of benzene rings is 1. The minimum Gasteiger partial charge on any atom is -0.486 e. The Morgan fingerprint density at radius 1 is 1.15 bits per heavy atom. The van der Waals surface area contributed by atoms with Gasteiger partial charge in [0.2, 0.25) is 11.8 Å². The largest absolute Gasteiger partial charge is 0.486 e. The number of fused-ring (bicyclic) bond motifs is 2. The molecule has 178 valence electrons. The fourth-order valence-electron chi connectivity index (χ4n) is 3.92. The van der Waals surface area contributed by atoms with E-state index in [-0.39, 0.29) is 29.5 Å². The summed E-state index contributed by atoms with van der Waals surface area (Å²) in [6.07, 6.45) is 3.86. The molecule has 3 aromatic rings. The monoisotopic (exact) mass is 501 g/mol. The van der Waals surface area contributed by atoms with Crippen LogP contribution in [0.4, 0.5) is 5.00 Å². The summed E-state index contributed by atoms with van der Waals surface area (Å²) in [5.74, 6) is 1.06. The van der Waals surface area contributed by atoms with Crippen LogP contribution in [-0.4, -0.2) is 47.6 Å². The van der Waals surface area contributed by atoms with Crippen LogP contribution in [-0.2, 0) is 22.4 Å². The normalized spacial score (nSPS) is 14.4. The first-order valence-electron chi connectivity index (χ1n) is 11.1. The van der Waals surface area contributed by atoms with Crippen LogP contribution in [0.25, 0.3) is 11.5 Å². The zero-order chi connectivity index (χ0) is 23.5. The van der Waals surface area contributed by atoms with Gasteiger partial charge in [0, 0.05) is 10.4 Å². The summed E-state index contributed by atoms with van der Waals surface area (Å²) < 4.78 is 22.1. The molecule has 9 nitrogen and oxygen atoms in total. The molecule has 0 radical (unpaired) electrons. The van der Waals surface area contributed by atoms with Gasteiger partial charge in [0.15, 0.2) is 11.5 Å². The van der Waals surface area contributed by atoms with Gasteiger partial charge >= 0.3 is 5.97 Å². The maximum atomic E-state index is 12.7. The summed E-state index contributed by atoms with van der Waals surface area (Å²) in [6.45, 7) is 3.07. The van der Waals surface area contributed by atoms with E-state index in [4.69, 9.17) is 18.6 Å². The van der Waals surface area contributed by atoms with Crippen LogP contribution >= 0.6 is 23.1 Å². The minimum absolute atomic E-state index is 0.0631. The van der Waals surface area contributed by atoms with Crippen molar-refractivity contribution in [2.24, 2.45) is 0 Å². The van der Waals surface area contributed by atoms with Crippen molar-refractivity contribution in [3.8, 4) is 23.0 Å². The van der Waals surface area contributed by atoms with Crippen molar-refractivity contribution in [2.45, 2.75) is 37.8 Å². The number of thioether (sulfide) groups is 1. The Balaban J connectivity index is 1.24. The number of nitrogens with one attached hydrogen (secondary N) is 1. The number of carbonyl (C=O) groups is 2. The van der Waals surface area contributed by atoms with Gasteiger partial charge in [0.1, 0.15) is 18.2 Å². The minimum atomic E-state index is -0.383. The number of rotatable bonds is 7. The standard InChI is InChI=1S/C23H23N3O6S2/c1-2-29-22(28)19-14-5-3-4-6-17(14)34-21(19)24-18(27)12-33-23-26-25-20(32-23)13-7-8-15-16(11-13)31-10-9-30-15/h7-8,11H,2-6,9-10,12H2,1H3,(H,24,27). The molecule has 0 unspecified atom stereocenters. The van der Waals surface area contributed by atoms with Crippen LogP contribution in [0.1, 0.15) is 40.6 Å². The number of anilines is 1. The number of amides is 1. The predicted octanol–water partition coefficient (Wildman–Crippen LogP) is 4.36. The SMILES string of the molecule is CCOC(=O)c1c(NC(=O)CSc2nnc(-c3ccc4c(c3)OCCO4)o2)sc2c1CCCC2. The summed E-state index contributed by atoms with van der Waals surface area (Å²) in [4.78, 5) is 26.4. The molecule has 0 bridgehead atoms. The molecule has 2 aliphatic rings. The molecule has 1 aliphatic heterocycles. The van der Waals surface area contributed by atoms with Gasteiger partial charge in [-0.05, 0) is 56.4 Å². The average molecular weight is 502 g/mol. The molecule has 0 atom stereocenters. The Kier molecular flexibility index (Phi) is 6.73. The Bertz CT molecular complexity index is 1220. The smallest absolute Gasteiger partial charge is 0.341 e. The number of thiophene rings is 1. The van der Waals surface area contributed by atoms with Crippen molar-refractivity contribution in [2.75, 3.05) is 30.9 Å². The van der Waals surface area contributed by atoms with Crippen LogP contribution in [0.5, 0.6) is 11.5 Å². The highest BCUT2D eigenvalue weighted by Crippen LogP contribution is 2.39. The van der Waals surface area contributed by atoms with Gasteiger partial charge in [-0.25, -0.2) is 4.79 Å². The maximum Gasteiger partial charge on any atom is 0.341 e. The molecule has 11 heteroatoms. The van der Waals surface area contributed by atoms with Gasteiger partial charge in [0.05, 0.1) is 17.9 Å². The van der Waals surface area contributed by atoms with Gasteiger partial charge in [-0.1, -0.05) is 11.8 Å². The highest BCUT2D eigenvalue weighted by atomic mass is 32.2. The molecule has 34 heavy (non-hydrogen) atoms. The molecule has 0 saturated carbocycles. The second-order valence-electron chi connectivity index (χ2n) is 7.70. The predicted molar refractivity (Wildman–Crippen MR) is 127 cm³/mol. The number of hydrogen-bond acceptors (Lipinski definition) is 10. The number of ether oxygens (including phenoxy) is 3. The zero-order valence-electron chi connectivity index (χ0n) is 18.5. The molecule has 2 aromatic heterocycles. The Morgan fingerprint density at radius 3 is 2.82 bits per heavy atom. The number of esters is 1.